The number of allylic oxidation sites excluding steroid dienone is 14. The highest BCUT2D eigenvalue weighted by Gasteiger charge is 2.19. The summed E-state index contributed by atoms with van der Waals surface area (Å²) in [5.74, 6) is -0.974. The van der Waals surface area contributed by atoms with Crippen molar-refractivity contribution in [3.05, 3.63) is 85.1 Å². The fourth-order valence-corrected chi connectivity index (χ4v) is 6.98. The van der Waals surface area contributed by atoms with Gasteiger partial charge in [0.1, 0.15) is 13.2 Å². The van der Waals surface area contributed by atoms with Crippen molar-refractivity contribution < 1.29 is 28.6 Å². The predicted molar refractivity (Wildman–Crippen MR) is 270 cm³/mol. The van der Waals surface area contributed by atoms with E-state index < -0.39 is 6.10 Å². The summed E-state index contributed by atoms with van der Waals surface area (Å²) in [6.45, 7) is 6.43. The standard InChI is InChI=1S/C57H96O6/c1-4-7-10-13-16-19-22-25-27-28-30-33-35-38-41-44-47-50-56(59)62-53-54(63-57(60)51-48-45-42-39-36-31-24-21-18-15-12-9-6-3)52-61-55(58)49-46-43-40-37-34-32-29-26-23-20-17-14-11-8-5-2/h8,11,16-17,19-20,25-27,29-30,33,38,41,54H,4-7,9-10,12-15,18,21-24,28,31-32,34-37,39-40,42-53H2,1-3H3. The summed E-state index contributed by atoms with van der Waals surface area (Å²) in [6, 6.07) is 0. The minimum Gasteiger partial charge on any atom is -0.462 e. The predicted octanol–water partition coefficient (Wildman–Crippen LogP) is 17.2. The van der Waals surface area contributed by atoms with Gasteiger partial charge in [-0.2, -0.15) is 0 Å². The molecule has 6 heteroatoms. The van der Waals surface area contributed by atoms with Crippen LogP contribution in [0.2, 0.25) is 0 Å². The van der Waals surface area contributed by atoms with Crippen LogP contribution in [0, 0.1) is 0 Å². The molecule has 0 amide bonds. The Kier molecular flexibility index (Phi) is 48.5. The molecule has 360 valence electrons. The Morgan fingerprint density at radius 3 is 1.06 bits per heavy atom. The number of ether oxygens (including phenoxy) is 3. The van der Waals surface area contributed by atoms with Gasteiger partial charge in [0.2, 0.25) is 0 Å². The summed E-state index contributed by atoms with van der Waals surface area (Å²) in [5, 5.41) is 0. The van der Waals surface area contributed by atoms with Crippen molar-refractivity contribution >= 4 is 17.9 Å². The number of rotatable bonds is 46. The average molecular weight is 877 g/mol. The lowest BCUT2D eigenvalue weighted by Gasteiger charge is -2.18. The van der Waals surface area contributed by atoms with Gasteiger partial charge in [-0.1, -0.05) is 215 Å². The molecule has 0 fully saturated rings. The van der Waals surface area contributed by atoms with Crippen molar-refractivity contribution in [2.45, 2.75) is 245 Å². The number of esters is 3. The molecule has 0 saturated heterocycles. The highest BCUT2D eigenvalue weighted by Crippen LogP contribution is 2.14. The number of unbranched alkanes of at least 4 members (excludes halogenated alkanes) is 21. The van der Waals surface area contributed by atoms with E-state index in [0.29, 0.717) is 19.3 Å². The zero-order valence-electron chi connectivity index (χ0n) is 41.1. The number of carbonyl (C=O) groups excluding carboxylic acids is 3. The number of hydrogen-bond acceptors (Lipinski definition) is 6. The third-order valence-corrected chi connectivity index (χ3v) is 10.9. The third-order valence-electron chi connectivity index (χ3n) is 10.9. The summed E-state index contributed by atoms with van der Waals surface area (Å²) in [5.41, 5.74) is 0. The third kappa shape index (κ3) is 49.5. The van der Waals surface area contributed by atoms with Gasteiger partial charge in [-0.15, -0.1) is 0 Å². The Morgan fingerprint density at radius 2 is 0.635 bits per heavy atom. The Balaban J connectivity index is 4.49. The molecule has 0 bridgehead atoms. The fourth-order valence-electron chi connectivity index (χ4n) is 6.98. The van der Waals surface area contributed by atoms with Gasteiger partial charge in [0.25, 0.3) is 0 Å². The molecule has 0 N–H and O–H groups in total. The quantitative estimate of drug-likeness (QED) is 0.0262. The summed E-state index contributed by atoms with van der Waals surface area (Å²) in [4.78, 5) is 38.0. The van der Waals surface area contributed by atoms with Crippen molar-refractivity contribution in [1.82, 2.24) is 0 Å². The molecule has 0 saturated carbocycles. The molecule has 0 aromatic rings. The van der Waals surface area contributed by atoms with Crippen LogP contribution in [0.15, 0.2) is 85.1 Å². The van der Waals surface area contributed by atoms with Crippen LogP contribution in [0.3, 0.4) is 0 Å². The molecule has 0 aliphatic heterocycles. The van der Waals surface area contributed by atoms with Crippen LogP contribution in [0.4, 0.5) is 0 Å². The molecule has 0 aromatic heterocycles. The lowest BCUT2D eigenvalue weighted by atomic mass is 10.0. The molecule has 0 spiro atoms. The van der Waals surface area contributed by atoms with Crippen LogP contribution in [0.25, 0.3) is 0 Å². The highest BCUT2D eigenvalue weighted by molar-refractivity contribution is 5.71. The topological polar surface area (TPSA) is 78.9 Å². The zero-order chi connectivity index (χ0) is 45.8. The Bertz CT molecular complexity index is 1240. The van der Waals surface area contributed by atoms with Gasteiger partial charge in [0.05, 0.1) is 0 Å². The zero-order valence-corrected chi connectivity index (χ0v) is 41.1. The van der Waals surface area contributed by atoms with E-state index in [1.54, 1.807) is 0 Å². The second-order valence-corrected chi connectivity index (χ2v) is 17.1. The molecule has 1 unspecified atom stereocenters. The number of carbonyl (C=O) groups is 3. The SMILES string of the molecule is CCC=CCC=CCC=CCCCCCCCC(=O)OCC(COC(=O)CCCC=CCC=CCC=CCC=CCCCCC)OC(=O)CCCCCCCCCCCCCCC. The molecule has 63 heavy (non-hydrogen) atoms. The molecular weight excluding hydrogens is 781 g/mol. The van der Waals surface area contributed by atoms with E-state index in [2.05, 4.69) is 106 Å². The summed E-state index contributed by atoms with van der Waals surface area (Å²) >= 11 is 0. The first-order valence-electron chi connectivity index (χ1n) is 26.1. The van der Waals surface area contributed by atoms with E-state index >= 15 is 0 Å². The van der Waals surface area contributed by atoms with E-state index in [1.807, 2.05) is 0 Å². The van der Waals surface area contributed by atoms with Gasteiger partial charge >= 0.3 is 17.9 Å². The van der Waals surface area contributed by atoms with Crippen LogP contribution in [-0.2, 0) is 28.6 Å². The molecule has 0 aliphatic carbocycles. The maximum absolute atomic E-state index is 12.8. The van der Waals surface area contributed by atoms with Gasteiger partial charge in [0, 0.05) is 19.3 Å². The van der Waals surface area contributed by atoms with E-state index in [0.717, 1.165) is 103 Å². The Labute approximate surface area is 388 Å². The van der Waals surface area contributed by atoms with Crippen molar-refractivity contribution in [2.24, 2.45) is 0 Å². The summed E-state index contributed by atoms with van der Waals surface area (Å²) in [7, 11) is 0. The van der Waals surface area contributed by atoms with Crippen LogP contribution >= 0.6 is 0 Å². The van der Waals surface area contributed by atoms with E-state index in [1.165, 1.54) is 89.9 Å². The molecule has 6 nitrogen and oxygen atoms in total. The minimum absolute atomic E-state index is 0.102. The fraction of sp³-hybridized carbons (Fsp3) is 0.702. The molecular formula is C57H96O6. The van der Waals surface area contributed by atoms with E-state index in [-0.39, 0.29) is 37.5 Å². The lowest BCUT2D eigenvalue weighted by Crippen LogP contribution is -2.30. The molecule has 0 radical (unpaired) electrons. The van der Waals surface area contributed by atoms with Crippen LogP contribution < -0.4 is 0 Å². The Morgan fingerprint density at radius 1 is 0.333 bits per heavy atom. The van der Waals surface area contributed by atoms with Crippen LogP contribution in [0.5, 0.6) is 0 Å². The Hall–Kier alpha value is -3.41. The largest absolute Gasteiger partial charge is 0.462 e. The molecule has 0 rings (SSSR count). The molecule has 1 atom stereocenters. The second-order valence-electron chi connectivity index (χ2n) is 17.1. The maximum atomic E-state index is 12.8. The highest BCUT2D eigenvalue weighted by atomic mass is 16.6. The van der Waals surface area contributed by atoms with Crippen molar-refractivity contribution in [2.75, 3.05) is 13.2 Å². The van der Waals surface area contributed by atoms with Crippen molar-refractivity contribution in [3.8, 4) is 0 Å². The van der Waals surface area contributed by atoms with Gasteiger partial charge in [-0.3, -0.25) is 14.4 Å². The first kappa shape index (κ1) is 59.6. The monoisotopic (exact) mass is 877 g/mol. The molecule has 0 heterocycles. The summed E-state index contributed by atoms with van der Waals surface area (Å²) in [6.07, 6.45) is 65.7. The van der Waals surface area contributed by atoms with Gasteiger partial charge in [-0.05, 0) is 89.9 Å². The molecule has 0 aromatic carbocycles. The van der Waals surface area contributed by atoms with Crippen molar-refractivity contribution in [1.29, 1.82) is 0 Å². The van der Waals surface area contributed by atoms with E-state index in [4.69, 9.17) is 14.2 Å². The van der Waals surface area contributed by atoms with Crippen LogP contribution in [-0.4, -0.2) is 37.2 Å². The lowest BCUT2D eigenvalue weighted by molar-refractivity contribution is -0.167. The van der Waals surface area contributed by atoms with Crippen LogP contribution in [0.1, 0.15) is 239 Å². The summed E-state index contributed by atoms with van der Waals surface area (Å²) < 4.78 is 16.7. The van der Waals surface area contributed by atoms with Gasteiger partial charge in [0.15, 0.2) is 6.10 Å². The maximum Gasteiger partial charge on any atom is 0.306 e. The minimum atomic E-state index is -0.803. The second kappa shape index (κ2) is 51.2. The normalized spacial score (nSPS) is 12.7. The van der Waals surface area contributed by atoms with E-state index in [9.17, 15) is 14.4 Å². The molecule has 0 aliphatic rings. The first-order chi connectivity index (χ1) is 31.0. The first-order valence-corrected chi connectivity index (χ1v) is 26.1. The smallest absolute Gasteiger partial charge is 0.306 e. The van der Waals surface area contributed by atoms with Crippen molar-refractivity contribution in [3.63, 3.8) is 0 Å². The van der Waals surface area contributed by atoms with Gasteiger partial charge in [-0.25, -0.2) is 0 Å². The van der Waals surface area contributed by atoms with Gasteiger partial charge < -0.3 is 14.2 Å². The number of hydrogen-bond donors (Lipinski definition) is 0. The average Bonchev–Trinajstić information content (AvgIpc) is 3.28.